The SMILES string of the molecule is c1cc(OCC2CO2)cc(-c2c(OCC3CO3)cccc2OCC2CO2)c1. The van der Waals surface area contributed by atoms with Gasteiger partial charge in [-0.05, 0) is 29.8 Å². The number of ether oxygens (including phenoxy) is 6. The molecule has 0 aromatic heterocycles. The van der Waals surface area contributed by atoms with Gasteiger partial charge in [-0.15, -0.1) is 0 Å². The van der Waals surface area contributed by atoms with E-state index in [1.54, 1.807) is 0 Å². The Morgan fingerprint density at radius 3 is 1.78 bits per heavy atom. The summed E-state index contributed by atoms with van der Waals surface area (Å²) in [6.07, 6.45) is 0.603. The van der Waals surface area contributed by atoms with Crippen molar-refractivity contribution in [3.8, 4) is 28.4 Å². The molecule has 3 saturated heterocycles. The van der Waals surface area contributed by atoms with Gasteiger partial charge in [0.1, 0.15) is 55.4 Å². The molecule has 3 heterocycles. The summed E-state index contributed by atoms with van der Waals surface area (Å²) in [6, 6.07) is 13.8. The highest BCUT2D eigenvalue weighted by Crippen LogP contribution is 2.40. The van der Waals surface area contributed by atoms with Crippen molar-refractivity contribution in [1.82, 2.24) is 0 Å². The molecule has 2 aromatic carbocycles. The Morgan fingerprint density at radius 1 is 0.704 bits per heavy atom. The summed E-state index contributed by atoms with van der Waals surface area (Å²) in [5.74, 6) is 2.37. The molecular formula is C21H22O6. The van der Waals surface area contributed by atoms with Crippen LogP contribution in [-0.2, 0) is 14.2 Å². The van der Waals surface area contributed by atoms with Crippen LogP contribution >= 0.6 is 0 Å². The first-order valence-electron chi connectivity index (χ1n) is 9.32. The third-order valence-corrected chi connectivity index (χ3v) is 4.60. The Labute approximate surface area is 157 Å². The zero-order valence-electron chi connectivity index (χ0n) is 15.0. The highest BCUT2D eigenvalue weighted by molar-refractivity contribution is 5.77. The molecule has 3 fully saturated rings. The van der Waals surface area contributed by atoms with Crippen molar-refractivity contribution in [2.75, 3.05) is 39.6 Å². The van der Waals surface area contributed by atoms with Gasteiger partial charge in [-0.25, -0.2) is 0 Å². The lowest BCUT2D eigenvalue weighted by Crippen LogP contribution is -2.08. The molecule has 27 heavy (non-hydrogen) atoms. The first kappa shape index (κ1) is 16.9. The summed E-state index contributed by atoms with van der Waals surface area (Å²) >= 11 is 0. The molecule has 0 aliphatic carbocycles. The minimum absolute atomic E-state index is 0.190. The van der Waals surface area contributed by atoms with Gasteiger partial charge in [0.05, 0.1) is 25.4 Å². The number of epoxide rings is 3. The molecule has 6 nitrogen and oxygen atoms in total. The quantitative estimate of drug-likeness (QED) is 0.599. The van der Waals surface area contributed by atoms with Gasteiger partial charge >= 0.3 is 0 Å². The minimum atomic E-state index is 0.190. The van der Waals surface area contributed by atoms with E-state index in [-0.39, 0.29) is 18.3 Å². The summed E-state index contributed by atoms with van der Waals surface area (Å²) in [4.78, 5) is 0. The van der Waals surface area contributed by atoms with Gasteiger partial charge in [0, 0.05) is 0 Å². The van der Waals surface area contributed by atoms with Gasteiger partial charge in [-0.1, -0.05) is 18.2 Å². The number of benzene rings is 2. The highest BCUT2D eigenvalue weighted by atomic mass is 16.6. The summed E-state index contributed by atoms with van der Waals surface area (Å²) in [6.45, 7) is 3.95. The molecule has 0 saturated carbocycles. The van der Waals surface area contributed by atoms with Gasteiger partial charge < -0.3 is 28.4 Å². The minimum Gasteiger partial charge on any atom is -0.491 e. The van der Waals surface area contributed by atoms with Crippen LogP contribution in [0.1, 0.15) is 0 Å². The molecule has 6 heteroatoms. The van der Waals surface area contributed by atoms with Crippen molar-refractivity contribution in [1.29, 1.82) is 0 Å². The molecule has 0 bridgehead atoms. The van der Waals surface area contributed by atoms with Gasteiger partial charge in [0.2, 0.25) is 0 Å². The van der Waals surface area contributed by atoms with Gasteiger partial charge in [-0.3, -0.25) is 0 Å². The molecule has 3 atom stereocenters. The van der Waals surface area contributed by atoms with Crippen molar-refractivity contribution in [3.05, 3.63) is 42.5 Å². The Kier molecular flexibility index (Phi) is 4.61. The molecule has 3 aliphatic rings. The molecule has 0 N–H and O–H groups in total. The van der Waals surface area contributed by atoms with Gasteiger partial charge in [0.25, 0.3) is 0 Å². The smallest absolute Gasteiger partial charge is 0.131 e. The topological polar surface area (TPSA) is 65.3 Å². The fourth-order valence-electron chi connectivity index (χ4n) is 2.82. The van der Waals surface area contributed by atoms with E-state index in [0.29, 0.717) is 19.8 Å². The monoisotopic (exact) mass is 370 g/mol. The van der Waals surface area contributed by atoms with Crippen molar-refractivity contribution < 1.29 is 28.4 Å². The van der Waals surface area contributed by atoms with Gasteiger partial charge in [0.15, 0.2) is 0 Å². The lowest BCUT2D eigenvalue weighted by atomic mass is 10.0. The van der Waals surface area contributed by atoms with Crippen LogP contribution in [0.4, 0.5) is 0 Å². The molecule has 3 aliphatic heterocycles. The van der Waals surface area contributed by atoms with E-state index >= 15 is 0 Å². The Morgan fingerprint density at radius 2 is 1.22 bits per heavy atom. The van der Waals surface area contributed by atoms with E-state index in [0.717, 1.165) is 48.2 Å². The molecule has 2 aromatic rings. The molecule has 3 unspecified atom stereocenters. The molecule has 5 rings (SSSR count). The third kappa shape index (κ3) is 4.53. The Hall–Kier alpha value is -2.28. The van der Waals surface area contributed by atoms with E-state index in [2.05, 4.69) is 0 Å². The third-order valence-electron chi connectivity index (χ3n) is 4.60. The Balaban J connectivity index is 1.42. The fraction of sp³-hybridized carbons (Fsp3) is 0.429. The van der Waals surface area contributed by atoms with E-state index in [1.165, 1.54) is 0 Å². The van der Waals surface area contributed by atoms with Crippen molar-refractivity contribution in [2.45, 2.75) is 18.3 Å². The molecular weight excluding hydrogens is 348 g/mol. The lowest BCUT2D eigenvalue weighted by Gasteiger charge is -2.17. The second kappa shape index (κ2) is 7.38. The van der Waals surface area contributed by atoms with Crippen LogP contribution in [0.25, 0.3) is 11.1 Å². The fourth-order valence-corrected chi connectivity index (χ4v) is 2.82. The summed E-state index contributed by atoms with van der Waals surface area (Å²) < 4.78 is 33.7. The predicted molar refractivity (Wildman–Crippen MR) is 97.6 cm³/mol. The molecule has 0 radical (unpaired) electrons. The maximum absolute atomic E-state index is 6.03. The van der Waals surface area contributed by atoms with Crippen molar-refractivity contribution in [2.24, 2.45) is 0 Å². The molecule has 0 spiro atoms. The van der Waals surface area contributed by atoms with E-state index < -0.39 is 0 Å². The second-order valence-electron chi connectivity index (χ2n) is 6.96. The van der Waals surface area contributed by atoms with E-state index in [1.807, 2.05) is 42.5 Å². The average Bonchev–Trinajstić information content (AvgIpc) is 3.57. The molecule has 0 amide bonds. The van der Waals surface area contributed by atoms with E-state index in [9.17, 15) is 0 Å². The highest BCUT2D eigenvalue weighted by Gasteiger charge is 2.26. The second-order valence-corrected chi connectivity index (χ2v) is 6.96. The first-order chi connectivity index (χ1) is 13.3. The first-order valence-corrected chi connectivity index (χ1v) is 9.32. The van der Waals surface area contributed by atoms with Crippen LogP contribution in [0.2, 0.25) is 0 Å². The van der Waals surface area contributed by atoms with Crippen LogP contribution in [0.5, 0.6) is 17.2 Å². The zero-order chi connectivity index (χ0) is 18.1. The van der Waals surface area contributed by atoms with Crippen LogP contribution in [0.3, 0.4) is 0 Å². The predicted octanol–water partition coefficient (Wildman–Crippen LogP) is 2.69. The number of hydrogen-bond acceptors (Lipinski definition) is 6. The maximum Gasteiger partial charge on any atom is 0.131 e. The largest absolute Gasteiger partial charge is 0.491 e. The van der Waals surface area contributed by atoms with Crippen molar-refractivity contribution in [3.63, 3.8) is 0 Å². The zero-order valence-corrected chi connectivity index (χ0v) is 15.0. The van der Waals surface area contributed by atoms with Gasteiger partial charge in [-0.2, -0.15) is 0 Å². The van der Waals surface area contributed by atoms with Crippen molar-refractivity contribution >= 4 is 0 Å². The number of rotatable bonds is 10. The van der Waals surface area contributed by atoms with Crippen LogP contribution in [0, 0.1) is 0 Å². The summed E-state index contributed by atoms with van der Waals surface area (Å²) in [7, 11) is 0. The summed E-state index contributed by atoms with van der Waals surface area (Å²) in [5.41, 5.74) is 1.91. The molecule has 142 valence electrons. The number of hydrogen-bond donors (Lipinski definition) is 0. The van der Waals surface area contributed by atoms with Crippen LogP contribution in [0.15, 0.2) is 42.5 Å². The lowest BCUT2D eigenvalue weighted by molar-refractivity contribution is 0.254. The Bertz CT molecular complexity index is 761. The standard InChI is InChI=1S/C21H22O6/c1-3-14(7-15(4-1)22-8-16-9-23-16)21-19(26-12-17-10-24-17)5-2-6-20(21)27-13-18-11-25-18/h1-7,16-18H,8-13H2. The average molecular weight is 370 g/mol. The van der Waals surface area contributed by atoms with Crippen LogP contribution in [-0.4, -0.2) is 58.0 Å². The summed E-state index contributed by atoms with van der Waals surface area (Å²) in [5, 5.41) is 0. The van der Waals surface area contributed by atoms with E-state index in [4.69, 9.17) is 28.4 Å². The van der Waals surface area contributed by atoms with Crippen LogP contribution < -0.4 is 14.2 Å². The normalized spacial score (nSPS) is 25.0. The maximum atomic E-state index is 6.03.